The molecular weight excluding hydrogens is 280 g/mol. The maximum Gasteiger partial charge on any atom is 0.250 e. The summed E-state index contributed by atoms with van der Waals surface area (Å²) >= 11 is 0. The zero-order chi connectivity index (χ0) is 14.8. The number of H-pyrrole nitrogens is 1. The predicted molar refractivity (Wildman–Crippen MR) is 71.7 cm³/mol. The van der Waals surface area contributed by atoms with Crippen LogP contribution in [0.25, 0.3) is 0 Å². The van der Waals surface area contributed by atoms with Crippen molar-refractivity contribution in [2.45, 2.75) is 51.1 Å². The van der Waals surface area contributed by atoms with Crippen molar-refractivity contribution in [3.63, 3.8) is 0 Å². The van der Waals surface area contributed by atoms with E-state index in [-0.39, 0.29) is 10.9 Å². The Bertz CT molecular complexity index is 688. The van der Waals surface area contributed by atoms with Gasteiger partial charge in [-0.25, -0.2) is 13.4 Å². The molecule has 8 nitrogen and oxygen atoms in total. The second-order valence-electron chi connectivity index (χ2n) is 4.49. The molecule has 0 saturated heterocycles. The fourth-order valence-corrected chi connectivity index (χ4v) is 3.22. The highest BCUT2D eigenvalue weighted by Crippen LogP contribution is 2.14. The SMILES string of the molecule is CCCn1c(C)nnc1S(=O)(=O)Cc1nc(CC)n[nH]1. The molecule has 0 aliphatic carbocycles. The quantitative estimate of drug-likeness (QED) is 0.839. The summed E-state index contributed by atoms with van der Waals surface area (Å²) in [6.45, 7) is 6.19. The molecule has 2 heterocycles. The Kier molecular flexibility index (Phi) is 4.17. The summed E-state index contributed by atoms with van der Waals surface area (Å²) in [5.74, 6) is 1.27. The van der Waals surface area contributed by atoms with Gasteiger partial charge in [0.1, 0.15) is 23.2 Å². The van der Waals surface area contributed by atoms with E-state index in [1.807, 2.05) is 13.8 Å². The number of hydrogen-bond donors (Lipinski definition) is 1. The number of hydrogen-bond acceptors (Lipinski definition) is 6. The number of nitrogens with one attached hydrogen (secondary N) is 1. The van der Waals surface area contributed by atoms with Crippen molar-refractivity contribution < 1.29 is 8.42 Å². The molecule has 0 radical (unpaired) electrons. The van der Waals surface area contributed by atoms with Crippen molar-refractivity contribution >= 4 is 9.84 Å². The van der Waals surface area contributed by atoms with Gasteiger partial charge in [0.15, 0.2) is 0 Å². The first-order valence-corrected chi connectivity index (χ1v) is 8.15. The topological polar surface area (TPSA) is 106 Å². The van der Waals surface area contributed by atoms with E-state index in [1.165, 1.54) is 0 Å². The van der Waals surface area contributed by atoms with Gasteiger partial charge in [-0.1, -0.05) is 13.8 Å². The first-order chi connectivity index (χ1) is 9.47. The van der Waals surface area contributed by atoms with Crippen molar-refractivity contribution in [1.29, 1.82) is 0 Å². The van der Waals surface area contributed by atoms with Crippen LogP contribution < -0.4 is 0 Å². The Labute approximate surface area is 117 Å². The average Bonchev–Trinajstić information content (AvgIpc) is 2.97. The van der Waals surface area contributed by atoms with Gasteiger partial charge in [0.2, 0.25) is 15.0 Å². The highest BCUT2D eigenvalue weighted by atomic mass is 32.2. The van der Waals surface area contributed by atoms with Gasteiger partial charge in [0, 0.05) is 13.0 Å². The van der Waals surface area contributed by atoms with Crippen LogP contribution in [-0.2, 0) is 28.6 Å². The third kappa shape index (κ3) is 2.87. The fraction of sp³-hybridized carbons (Fsp3) is 0.636. The second kappa shape index (κ2) is 5.70. The minimum atomic E-state index is -3.58. The fourth-order valence-electron chi connectivity index (χ4n) is 1.87. The normalized spacial score (nSPS) is 11.9. The predicted octanol–water partition coefficient (Wildman–Crippen LogP) is 0.651. The molecule has 0 aliphatic heterocycles. The highest BCUT2D eigenvalue weighted by Gasteiger charge is 2.25. The minimum absolute atomic E-state index is 0.00806. The molecule has 0 atom stereocenters. The second-order valence-corrected chi connectivity index (χ2v) is 6.38. The lowest BCUT2D eigenvalue weighted by Crippen LogP contribution is -2.14. The molecule has 9 heteroatoms. The summed E-state index contributed by atoms with van der Waals surface area (Å²) in [7, 11) is -3.58. The van der Waals surface area contributed by atoms with Crippen LogP contribution in [-0.4, -0.2) is 38.4 Å². The van der Waals surface area contributed by atoms with E-state index >= 15 is 0 Å². The molecule has 110 valence electrons. The first kappa shape index (κ1) is 14.6. The minimum Gasteiger partial charge on any atom is -0.302 e. The summed E-state index contributed by atoms with van der Waals surface area (Å²) < 4.78 is 26.4. The van der Waals surface area contributed by atoms with E-state index in [4.69, 9.17) is 0 Å². The molecule has 0 spiro atoms. The number of aryl methyl sites for hydroxylation is 2. The lowest BCUT2D eigenvalue weighted by molar-refractivity contribution is 0.550. The number of sulfone groups is 1. The van der Waals surface area contributed by atoms with Crippen LogP contribution in [0.5, 0.6) is 0 Å². The Morgan fingerprint density at radius 2 is 2.00 bits per heavy atom. The Hall–Kier alpha value is -1.77. The lowest BCUT2D eigenvalue weighted by Gasteiger charge is -2.06. The van der Waals surface area contributed by atoms with Gasteiger partial charge < -0.3 is 4.57 Å². The van der Waals surface area contributed by atoms with Crippen LogP contribution in [0.2, 0.25) is 0 Å². The van der Waals surface area contributed by atoms with E-state index < -0.39 is 9.84 Å². The van der Waals surface area contributed by atoms with E-state index in [1.54, 1.807) is 11.5 Å². The highest BCUT2D eigenvalue weighted by molar-refractivity contribution is 7.90. The number of rotatable bonds is 6. The molecule has 0 bridgehead atoms. The van der Waals surface area contributed by atoms with Crippen molar-refractivity contribution in [3.8, 4) is 0 Å². The molecule has 0 unspecified atom stereocenters. The molecule has 0 amide bonds. The zero-order valence-corrected chi connectivity index (χ0v) is 12.6. The monoisotopic (exact) mass is 298 g/mol. The van der Waals surface area contributed by atoms with E-state index in [9.17, 15) is 8.42 Å². The smallest absolute Gasteiger partial charge is 0.250 e. The Morgan fingerprint density at radius 1 is 1.25 bits per heavy atom. The van der Waals surface area contributed by atoms with Crippen LogP contribution in [0.4, 0.5) is 0 Å². The van der Waals surface area contributed by atoms with Crippen LogP contribution in [0.3, 0.4) is 0 Å². The van der Waals surface area contributed by atoms with Gasteiger partial charge in [-0.3, -0.25) is 5.10 Å². The van der Waals surface area contributed by atoms with Crippen molar-refractivity contribution in [3.05, 3.63) is 17.5 Å². The molecule has 0 fully saturated rings. The zero-order valence-electron chi connectivity index (χ0n) is 11.8. The maximum atomic E-state index is 12.4. The van der Waals surface area contributed by atoms with Gasteiger partial charge >= 0.3 is 0 Å². The van der Waals surface area contributed by atoms with E-state index in [2.05, 4.69) is 25.4 Å². The third-order valence-corrected chi connectivity index (χ3v) is 4.36. The Morgan fingerprint density at radius 3 is 2.60 bits per heavy atom. The third-order valence-electron chi connectivity index (χ3n) is 2.85. The number of nitrogens with zero attached hydrogens (tertiary/aromatic N) is 5. The summed E-state index contributed by atoms with van der Waals surface area (Å²) in [5, 5.41) is 14.2. The standard InChI is InChI=1S/C11H18N6O2S/c1-4-6-17-8(3)13-16-11(17)20(18,19)7-10-12-9(5-2)14-15-10/h4-7H2,1-3H3,(H,12,14,15). The van der Waals surface area contributed by atoms with Crippen LogP contribution in [0, 0.1) is 6.92 Å². The molecule has 2 aromatic rings. The molecule has 2 aromatic heterocycles. The Balaban J connectivity index is 2.30. The van der Waals surface area contributed by atoms with Crippen molar-refractivity contribution in [2.75, 3.05) is 0 Å². The largest absolute Gasteiger partial charge is 0.302 e. The summed E-state index contributed by atoms with van der Waals surface area (Å²) in [6, 6.07) is 0. The number of aromatic amines is 1. The summed E-state index contributed by atoms with van der Waals surface area (Å²) in [5.41, 5.74) is 0. The first-order valence-electron chi connectivity index (χ1n) is 6.50. The molecule has 0 saturated carbocycles. The summed E-state index contributed by atoms with van der Waals surface area (Å²) in [6.07, 6.45) is 1.46. The molecule has 2 rings (SSSR count). The van der Waals surface area contributed by atoms with Gasteiger partial charge in [-0.2, -0.15) is 5.10 Å². The molecule has 0 aromatic carbocycles. The molecule has 20 heavy (non-hydrogen) atoms. The summed E-state index contributed by atoms with van der Waals surface area (Å²) in [4.78, 5) is 4.12. The van der Waals surface area contributed by atoms with Crippen LogP contribution in [0.1, 0.15) is 37.7 Å². The van der Waals surface area contributed by atoms with E-state index in [0.29, 0.717) is 30.4 Å². The van der Waals surface area contributed by atoms with Crippen molar-refractivity contribution in [1.82, 2.24) is 29.9 Å². The molecule has 0 aliphatic rings. The van der Waals surface area contributed by atoms with Gasteiger partial charge in [0.05, 0.1) is 0 Å². The van der Waals surface area contributed by atoms with Gasteiger partial charge in [-0.05, 0) is 13.3 Å². The lowest BCUT2D eigenvalue weighted by atomic mass is 10.5. The van der Waals surface area contributed by atoms with Crippen LogP contribution in [0.15, 0.2) is 5.16 Å². The van der Waals surface area contributed by atoms with Gasteiger partial charge in [-0.15, -0.1) is 10.2 Å². The number of aromatic nitrogens is 6. The molecule has 1 N–H and O–H groups in total. The average molecular weight is 298 g/mol. The molecular formula is C11H18N6O2S. The maximum absolute atomic E-state index is 12.4. The van der Waals surface area contributed by atoms with Crippen LogP contribution >= 0.6 is 0 Å². The van der Waals surface area contributed by atoms with E-state index in [0.717, 1.165) is 6.42 Å². The van der Waals surface area contributed by atoms with Crippen molar-refractivity contribution in [2.24, 2.45) is 0 Å². The van der Waals surface area contributed by atoms with Gasteiger partial charge in [0.25, 0.3) is 0 Å².